The molecule has 1 aromatic heterocycles. The molecule has 0 atom stereocenters. The molecule has 0 saturated heterocycles. The summed E-state index contributed by atoms with van der Waals surface area (Å²) in [6.07, 6.45) is 1.17. The van der Waals surface area contributed by atoms with E-state index in [1.807, 2.05) is 30.3 Å². The molecule has 1 aliphatic rings. The van der Waals surface area contributed by atoms with Crippen molar-refractivity contribution in [2.45, 2.75) is 19.5 Å². The lowest BCUT2D eigenvalue weighted by Gasteiger charge is -2.12. The lowest BCUT2D eigenvalue weighted by atomic mass is 10.3. The maximum Gasteiger partial charge on any atom is 0.358 e. The van der Waals surface area contributed by atoms with E-state index in [-0.39, 0.29) is 0 Å². The van der Waals surface area contributed by atoms with Crippen LogP contribution in [0, 0.1) is 0 Å². The number of aromatic nitrogens is 2. The second-order valence-corrected chi connectivity index (χ2v) is 5.56. The normalized spacial score (nSPS) is 13.6. The van der Waals surface area contributed by atoms with Crippen LogP contribution in [-0.2, 0) is 13.1 Å². The molecule has 4 rings (SSSR count). The summed E-state index contributed by atoms with van der Waals surface area (Å²) in [5.41, 5.74) is 2.56. The molecule has 2 heterocycles. The SMILES string of the molecule is c1ccc(OCCn2c3[n+](c4ccccc42)CCCN3)cc1. The number of ether oxygens (including phenoxy) is 1. The number of nitrogens with one attached hydrogen (secondary N) is 1. The molecule has 1 N–H and O–H groups in total. The van der Waals surface area contributed by atoms with E-state index in [2.05, 4.69) is 38.7 Å². The number of hydrogen-bond donors (Lipinski definition) is 1. The van der Waals surface area contributed by atoms with Gasteiger partial charge in [0.25, 0.3) is 0 Å². The fourth-order valence-electron chi connectivity index (χ4n) is 3.15. The molecule has 4 nitrogen and oxygen atoms in total. The average molecular weight is 294 g/mol. The van der Waals surface area contributed by atoms with E-state index in [1.165, 1.54) is 23.4 Å². The molecule has 0 spiro atoms. The molecule has 22 heavy (non-hydrogen) atoms. The van der Waals surface area contributed by atoms with Gasteiger partial charge in [-0.05, 0) is 24.3 Å². The van der Waals surface area contributed by atoms with Gasteiger partial charge >= 0.3 is 5.95 Å². The van der Waals surface area contributed by atoms with Gasteiger partial charge in [0.2, 0.25) is 0 Å². The van der Waals surface area contributed by atoms with Gasteiger partial charge in [0.15, 0.2) is 0 Å². The number of fused-ring (bicyclic) bond motifs is 3. The largest absolute Gasteiger partial charge is 0.490 e. The highest BCUT2D eigenvalue weighted by Crippen LogP contribution is 2.20. The van der Waals surface area contributed by atoms with Crippen LogP contribution in [0.2, 0.25) is 0 Å². The third kappa shape index (κ3) is 2.30. The van der Waals surface area contributed by atoms with Crippen LogP contribution in [0.25, 0.3) is 11.0 Å². The van der Waals surface area contributed by atoms with Crippen molar-refractivity contribution in [2.75, 3.05) is 18.5 Å². The molecular formula is C18H20N3O+. The predicted molar refractivity (Wildman–Crippen MR) is 87.2 cm³/mol. The smallest absolute Gasteiger partial charge is 0.358 e. The van der Waals surface area contributed by atoms with Crippen molar-refractivity contribution in [1.82, 2.24) is 4.57 Å². The van der Waals surface area contributed by atoms with Gasteiger partial charge < -0.3 is 4.74 Å². The number of hydrogen-bond acceptors (Lipinski definition) is 2. The summed E-state index contributed by atoms with van der Waals surface area (Å²) in [5, 5.41) is 3.54. The molecule has 0 amide bonds. The van der Waals surface area contributed by atoms with Crippen molar-refractivity contribution in [2.24, 2.45) is 0 Å². The van der Waals surface area contributed by atoms with E-state index in [9.17, 15) is 0 Å². The van der Waals surface area contributed by atoms with Crippen molar-refractivity contribution in [3.8, 4) is 5.75 Å². The monoisotopic (exact) mass is 294 g/mol. The van der Waals surface area contributed by atoms with Gasteiger partial charge in [-0.3, -0.25) is 5.32 Å². The first-order chi connectivity index (χ1) is 10.9. The molecule has 0 saturated carbocycles. The van der Waals surface area contributed by atoms with E-state index in [0.29, 0.717) is 6.61 Å². The highest BCUT2D eigenvalue weighted by atomic mass is 16.5. The minimum absolute atomic E-state index is 0.664. The van der Waals surface area contributed by atoms with Crippen LogP contribution in [-0.4, -0.2) is 17.7 Å². The molecule has 0 aliphatic carbocycles. The number of rotatable bonds is 4. The summed E-state index contributed by atoms with van der Waals surface area (Å²) in [4.78, 5) is 0. The van der Waals surface area contributed by atoms with E-state index in [0.717, 1.165) is 25.4 Å². The molecule has 112 valence electrons. The Morgan fingerprint density at radius 1 is 1.05 bits per heavy atom. The minimum atomic E-state index is 0.664. The number of benzene rings is 2. The van der Waals surface area contributed by atoms with Crippen LogP contribution in [0.5, 0.6) is 5.75 Å². The Morgan fingerprint density at radius 2 is 1.86 bits per heavy atom. The molecular weight excluding hydrogens is 274 g/mol. The fraction of sp³-hybridized carbons (Fsp3) is 0.278. The molecule has 0 fully saturated rings. The van der Waals surface area contributed by atoms with Crippen LogP contribution in [0.4, 0.5) is 5.95 Å². The zero-order valence-corrected chi connectivity index (χ0v) is 12.5. The van der Waals surface area contributed by atoms with Gasteiger partial charge in [0.05, 0.1) is 13.1 Å². The number of para-hydroxylation sites is 3. The standard InChI is InChI=1S/C18H19N3O/c1-2-7-15(8-3-1)22-14-13-21-17-10-5-4-9-16(17)20-12-6-11-19-18(20)21/h1-5,7-10H,6,11-14H2/p+1. The van der Waals surface area contributed by atoms with Crippen molar-refractivity contribution in [3.05, 3.63) is 54.6 Å². The van der Waals surface area contributed by atoms with Gasteiger partial charge in [-0.2, -0.15) is 0 Å². The second kappa shape index (κ2) is 5.72. The summed E-state index contributed by atoms with van der Waals surface area (Å²) in [6, 6.07) is 18.6. The van der Waals surface area contributed by atoms with Crippen LogP contribution in [0.1, 0.15) is 6.42 Å². The molecule has 2 aromatic carbocycles. The summed E-state index contributed by atoms with van der Waals surface area (Å²) in [7, 11) is 0. The summed E-state index contributed by atoms with van der Waals surface area (Å²) in [6.45, 7) is 3.62. The first-order valence-electron chi connectivity index (χ1n) is 7.86. The Balaban J connectivity index is 1.61. The lowest BCUT2D eigenvalue weighted by Crippen LogP contribution is -2.42. The summed E-state index contributed by atoms with van der Waals surface area (Å²) >= 11 is 0. The van der Waals surface area contributed by atoms with Crippen molar-refractivity contribution >= 4 is 17.0 Å². The molecule has 0 bridgehead atoms. The number of nitrogens with zero attached hydrogens (tertiary/aromatic N) is 2. The van der Waals surface area contributed by atoms with Crippen LogP contribution in [0.15, 0.2) is 54.6 Å². The van der Waals surface area contributed by atoms with E-state index in [1.54, 1.807) is 0 Å². The highest BCUT2D eigenvalue weighted by Gasteiger charge is 2.25. The molecule has 0 unspecified atom stereocenters. The Hall–Kier alpha value is -2.49. The second-order valence-electron chi connectivity index (χ2n) is 5.56. The molecule has 3 aromatic rings. The van der Waals surface area contributed by atoms with Gasteiger partial charge in [0, 0.05) is 6.42 Å². The van der Waals surface area contributed by atoms with E-state index >= 15 is 0 Å². The maximum atomic E-state index is 5.86. The maximum absolute atomic E-state index is 5.86. The van der Waals surface area contributed by atoms with Gasteiger partial charge in [-0.25, -0.2) is 9.13 Å². The van der Waals surface area contributed by atoms with Crippen molar-refractivity contribution in [1.29, 1.82) is 0 Å². The lowest BCUT2D eigenvalue weighted by molar-refractivity contribution is -0.661. The summed E-state index contributed by atoms with van der Waals surface area (Å²) in [5.74, 6) is 2.12. The van der Waals surface area contributed by atoms with Gasteiger partial charge in [-0.1, -0.05) is 30.3 Å². The molecule has 0 radical (unpaired) electrons. The van der Waals surface area contributed by atoms with E-state index in [4.69, 9.17) is 4.74 Å². The number of anilines is 1. The first kappa shape index (κ1) is 13.2. The van der Waals surface area contributed by atoms with Crippen LogP contribution < -0.4 is 14.6 Å². The van der Waals surface area contributed by atoms with Gasteiger partial charge in [0.1, 0.15) is 29.9 Å². The van der Waals surface area contributed by atoms with Crippen LogP contribution in [0.3, 0.4) is 0 Å². The molecule has 1 aliphatic heterocycles. The van der Waals surface area contributed by atoms with Crippen LogP contribution >= 0.6 is 0 Å². The topological polar surface area (TPSA) is 30.1 Å². The minimum Gasteiger partial charge on any atom is -0.490 e. The summed E-state index contributed by atoms with van der Waals surface area (Å²) < 4.78 is 10.6. The number of aryl methyl sites for hydroxylation is 1. The van der Waals surface area contributed by atoms with E-state index < -0.39 is 0 Å². The third-order valence-electron chi connectivity index (χ3n) is 4.14. The predicted octanol–water partition coefficient (Wildman–Crippen LogP) is 2.82. The average Bonchev–Trinajstić information content (AvgIpc) is 2.91. The highest BCUT2D eigenvalue weighted by molar-refractivity contribution is 5.74. The number of imidazole rings is 1. The fourth-order valence-corrected chi connectivity index (χ4v) is 3.15. The Morgan fingerprint density at radius 3 is 2.77 bits per heavy atom. The zero-order chi connectivity index (χ0) is 14.8. The Labute approximate surface area is 130 Å². The van der Waals surface area contributed by atoms with Gasteiger partial charge in [-0.15, -0.1) is 0 Å². The Bertz CT molecular complexity index is 780. The van der Waals surface area contributed by atoms with Crippen molar-refractivity contribution in [3.63, 3.8) is 0 Å². The molecule has 4 heteroatoms. The quantitative estimate of drug-likeness (QED) is 0.750. The first-order valence-corrected chi connectivity index (χ1v) is 7.86. The van der Waals surface area contributed by atoms with Crippen molar-refractivity contribution < 1.29 is 9.30 Å². The zero-order valence-electron chi connectivity index (χ0n) is 12.5. The third-order valence-corrected chi connectivity index (χ3v) is 4.14. The Kier molecular flexibility index (Phi) is 3.43.